The molecule has 3 rings (SSSR count). The SMILES string of the molecule is COc1ccc(NC(=O)CCC2CCN(Cc3ccc(F)cc3F)CC2)c(OC)c1. The Kier molecular flexibility index (Phi) is 7.63. The zero-order valence-corrected chi connectivity index (χ0v) is 17.4. The highest BCUT2D eigenvalue weighted by Gasteiger charge is 2.21. The number of amides is 1. The van der Waals surface area contributed by atoms with E-state index in [0.29, 0.717) is 41.6 Å². The predicted molar refractivity (Wildman–Crippen MR) is 112 cm³/mol. The first-order valence-corrected chi connectivity index (χ1v) is 10.2. The second-order valence-corrected chi connectivity index (χ2v) is 7.61. The van der Waals surface area contributed by atoms with Crippen LogP contribution in [0.25, 0.3) is 0 Å². The number of nitrogens with zero attached hydrogens (tertiary/aromatic N) is 1. The van der Waals surface area contributed by atoms with E-state index in [0.717, 1.165) is 38.4 Å². The fraction of sp³-hybridized carbons (Fsp3) is 0.435. The molecule has 0 unspecified atom stereocenters. The highest BCUT2D eigenvalue weighted by molar-refractivity contribution is 5.92. The second-order valence-electron chi connectivity index (χ2n) is 7.61. The van der Waals surface area contributed by atoms with E-state index in [1.165, 1.54) is 12.1 Å². The van der Waals surface area contributed by atoms with Crippen LogP contribution >= 0.6 is 0 Å². The standard InChI is InChI=1S/C23H28F2N2O3/c1-29-19-6-7-21(22(14-19)30-2)26-23(28)8-3-16-9-11-27(12-10-16)15-17-4-5-18(24)13-20(17)25/h4-7,13-14,16H,3,8-12,15H2,1-2H3,(H,26,28). The van der Waals surface area contributed by atoms with Crippen LogP contribution < -0.4 is 14.8 Å². The average Bonchev–Trinajstić information content (AvgIpc) is 2.75. The van der Waals surface area contributed by atoms with Crippen molar-refractivity contribution in [2.24, 2.45) is 5.92 Å². The molecule has 0 bridgehead atoms. The Morgan fingerprint density at radius 3 is 2.53 bits per heavy atom. The summed E-state index contributed by atoms with van der Waals surface area (Å²) in [5, 5.41) is 2.90. The maximum absolute atomic E-state index is 13.8. The van der Waals surface area contributed by atoms with E-state index in [-0.39, 0.29) is 5.91 Å². The Bertz CT molecular complexity index is 868. The van der Waals surface area contributed by atoms with Crippen LogP contribution in [0.3, 0.4) is 0 Å². The maximum Gasteiger partial charge on any atom is 0.224 e. The van der Waals surface area contributed by atoms with Crippen LogP contribution in [0.4, 0.5) is 14.5 Å². The number of benzene rings is 2. The summed E-state index contributed by atoms with van der Waals surface area (Å²) in [7, 11) is 3.13. The molecule has 0 aliphatic carbocycles. The van der Waals surface area contributed by atoms with Gasteiger partial charge >= 0.3 is 0 Å². The lowest BCUT2D eigenvalue weighted by atomic mass is 9.92. The van der Waals surface area contributed by atoms with Crippen molar-refractivity contribution in [3.63, 3.8) is 0 Å². The lowest BCUT2D eigenvalue weighted by Gasteiger charge is -2.32. The Labute approximate surface area is 176 Å². The van der Waals surface area contributed by atoms with Crippen LogP contribution in [0, 0.1) is 17.6 Å². The number of hydrogen-bond acceptors (Lipinski definition) is 4. The molecule has 1 heterocycles. The van der Waals surface area contributed by atoms with Gasteiger partial charge in [0.15, 0.2) is 0 Å². The summed E-state index contributed by atoms with van der Waals surface area (Å²) in [5.74, 6) is 0.585. The number of likely N-dealkylation sites (tertiary alicyclic amines) is 1. The normalized spacial score (nSPS) is 15.1. The molecule has 0 saturated carbocycles. The van der Waals surface area contributed by atoms with Gasteiger partial charge in [0.2, 0.25) is 5.91 Å². The summed E-state index contributed by atoms with van der Waals surface area (Å²) in [6, 6.07) is 9.00. The number of rotatable bonds is 8. The lowest BCUT2D eigenvalue weighted by molar-refractivity contribution is -0.116. The Morgan fingerprint density at radius 2 is 1.87 bits per heavy atom. The quantitative estimate of drug-likeness (QED) is 0.680. The minimum absolute atomic E-state index is 0.0470. The summed E-state index contributed by atoms with van der Waals surface area (Å²) >= 11 is 0. The third-order valence-corrected chi connectivity index (χ3v) is 5.58. The molecule has 162 valence electrons. The third kappa shape index (κ3) is 5.92. The van der Waals surface area contributed by atoms with E-state index >= 15 is 0 Å². The number of carbonyl (C=O) groups excluding carboxylic acids is 1. The summed E-state index contributed by atoms with van der Waals surface area (Å²) in [6.45, 7) is 2.17. The summed E-state index contributed by atoms with van der Waals surface area (Å²) < 4.78 is 37.4. The van der Waals surface area contributed by atoms with Crippen molar-refractivity contribution < 1.29 is 23.0 Å². The van der Waals surface area contributed by atoms with Crippen molar-refractivity contribution in [1.29, 1.82) is 0 Å². The first-order valence-electron chi connectivity index (χ1n) is 10.2. The molecular formula is C23H28F2N2O3. The molecule has 1 amide bonds. The molecule has 1 fully saturated rings. The molecule has 0 aromatic heterocycles. The van der Waals surface area contributed by atoms with Crippen LogP contribution in [-0.4, -0.2) is 38.1 Å². The zero-order valence-electron chi connectivity index (χ0n) is 17.4. The van der Waals surface area contributed by atoms with Gasteiger partial charge in [0.05, 0.1) is 19.9 Å². The molecule has 0 spiro atoms. The molecule has 30 heavy (non-hydrogen) atoms. The molecular weight excluding hydrogens is 390 g/mol. The maximum atomic E-state index is 13.8. The minimum atomic E-state index is -0.555. The number of ether oxygens (including phenoxy) is 2. The number of hydrogen-bond donors (Lipinski definition) is 1. The lowest BCUT2D eigenvalue weighted by Crippen LogP contribution is -2.33. The molecule has 2 aromatic rings. The van der Waals surface area contributed by atoms with Gasteiger partial charge in [0.1, 0.15) is 23.1 Å². The fourth-order valence-electron chi connectivity index (χ4n) is 3.77. The van der Waals surface area contributed by atoms with Gasteiger partial charge in [-0.15, -0.1) is 0 Å². The fourth-order valence-corrected chi connectivity index (χ4v) is 3.77. The second kappa shape index (κ2) is 10.4. The van der Waals surface area contributed by atoms with Crippen molar-refractivity contribution in [2.75, 3.05) is 32.6 Å². The Morgan fingerprint density at radius 1 is 1.10 bits per heavy atom. The van der Waals surface area contributed by atoms with E-state index in [2.05, 4.69) is 10.2 Å². The van der Waals surface area contributed by atoms with Crippen molar-refractivity contribution in [2.45, 2.75) is 32.2 Å². The summed E-state index contributed by atoms with van der Waals surface area (Å²) in [4.78, 5) is 14.5. The van der Waals surface area contributed by atoms with E-state index in [9.17, 15) is 13.6 Å². The molecule has 1 aliphatic heterocycles. The molecule has 0 radical (unpaired) electrons. The van der Waals surface area contributed by atoms with Crippen LogP contribution in [0.5, 0.6) is 11.5 Å². The van der Waals surface area contributed by atoms with Crippen molar-refractivity contribution in [1.82, 2.24) is 4.90 Å². The van der Waals surface area contributed by atoms with Crippen LogP contribution in [0.2, 0.25) is 0 Å². The molecule has 7 heteroatoms. The van der Waals surface area contributed by atoms with Crippen LogP contribution in [-0.2, 0) is 11.3 Å². The van der Waals surface area contributed by atoms with Crippen molar-refractivity contribution in [3.8, 4) is 11.5 Å². The highest BCUT2D eigenvalue weighted by Crippen LogP contribution is 2.30. The number of carbonyl (C=O) groups is 1. The molecule has 1 aliphatic rings. The van der Waals surface area contributed by atoms with Gasteiger partial charge in [-0.25, -0.2) is 8.78 Å². The smallest absolute Gasteiger partial charge is 0.224 e. The van der Waals surface area contributed by atoms with E-state index in [1.807, 2.05) is 0 Å². The van der Waals surface area contributed by atoms with Gasteiger partial charge in [0.25, 0.3) is 0 Å². The van der Waals surface area contributed by atoms with Crippen molar-refractivity contribution in [3.05, 3.63) is 53.6 Å². The van der Waals surface area contributed by atoms with Gasteiger partial charge < -0.3 is 14.8 Å². The molecule has 5 nitrogen and oxygen atoms in total. The van der Waals surface area contributed by atoms with Gasteiger partial charge in [-0.3, -0.25) is 9.69 Å². The van der Waals surface area contributed by atoms with Gasteiger partial charge in [-0.2, -0.15) is 0 Å². The number of methoxy groups -OCH3 is 2. The number of nitrogens with one attached hydrogen (secondary N) is 1. The third-order valence-electron chi connectivity index (χ3n) is 5.58. The molecule has 1 saturated heterocycles. The van der Waals surface area contributed by atoms with Crippen molar-refractivity contribution >= 4 is 11.6 Å². The average molecular weight is 418 g/mol. The number of halogens is 2. The van der Waals surface area contributed by atoms with Gasteiger partial charge in [0, 0.05) is 30.7 Å². The molecule has 2 aromatic carbocycles. The van der Waals surface area contributed by atoms with E-state index in [1.54, 1.807) is 32.4 Å². The summed E-state index contributed by atoms with van der Waals surface area (Å²) in [6.07, 6.45) is 3.17. The number of anilines is 1. The van der Waals surface area contributed by atoms with E-state index in [4.69, 9.17) is 9.47 Å². The topological polar surface area (TPSA) is 50.8 Å². The number of piperidine rings is 1. The largest absolute Gasteiger partial charge is 0.497 e. The van der Waals surface area contributed by atoms with Gasteiger partial charge in [-0.05, 0) is 56.5 Å². The molecule has 0 atom stereocenters. The summed E-state index contributed by atoms with van der Waals surface area (Å²) in [5.41, 5.74) is 1.14. The highest BCUT2D eigenvalue weighted by atomic mass is 19.1. The zero-order chi connectivity index (χ0) is 21.5. The van der Waals surface area contributed by atoms with E-state index < -0.39 is 11.6 Å². The first kappa shape index (κ1) is 22.0. The predicted octanol–water partition coefficient (Wildman–Crippen LogP) is 4.61. The molecule has 1 N–H and O–H groups in total. The van der Waals surface area contributed by atoms with Crippen LogP contribution in [0.1, 0.15) is 31.2 Å². The van der Waals surface area contributed by atoms with Gasteiger partial charge in [-0.1, -0.05) is 6.07 Å². The van der Waals surface area contributed by atoms with Crippen LogP contribution in [0.15, 0.2) is 36.4 Å². The minimum Gasteiger partial charge on any atom is -0.497 e. The first-order chi connectivity index (χ1) is 14.5. The Balaban J connectivity index is 1.42. The Hall–Kier alpha value is -2.67. The monoisotopic (exact) mass is 418 g/mol.